The van der Waals surface area contributed by atoms with Crippen LogP contribution in [0.2, 0.25) is 0 Å². The lowest BCUT2D eigenvalue weighted by atomic mass is 10.1. The molecule has 1 aliphatic heterocycles. The smallest absolute Gasteiger partial charge is 0.255 e. The van der Waals surface area contributed by atoms with Crippen LogP contribution < -0.4 is 0 Å². The van der Waals surface area contributed by atoms with Gasteiger partial charge in [0.1, 0.15) is 5.82 Å². The molecular weight excluding hydrogens is 289 g/mol. The Kier molecular flexibility index (Phi) is 3.79. The number of hydrogen-bond donors (Lipinski definition) is 0. The van der Waals surface area contributed by atoms with Crippen molar-refractivity contribution < 1.29 is 13.9 Å². The molecule has 0 spiro atoms. The third-order valence-corrected chi connectivity index (χ3v) is 3.35. The first-order valence-electron chi connectivity index (χ1n) is 5.44. The fourth-order valence-electron chi connectivity index (χ4n) is 1.84. The van der Waals surface area contributed by atoms with Crippen LogP contribution in [0.1, 0.15) is 17.3 Å². The largest absolute Gasteiger partial charge is 0.375 e. The highest BCUT2D eigenvalue weighted by Crippen LogP contribution is 2.20. The van der Waals surface area contributed by atoms with Crippen molar-refractivity contribution >= 4 is 21.8 Å². The summed E-state index contributed by atoms with van der Waals surface area (Å²) in [5.74, 6) is -0.448. The van der Waals surface area contributed by atoms with Gasteiger partial charge in [-0.2, -0.15) is 0 Å². The molecule has 1 atom stereocenters. The van der Waals surface area contributed by atoms with E-state index in [4.69, 9.17) is 4.74 Å². The molecule has 1 aromatic carbocycles. The molecule has 0 N–H and O–H groups in total. The van der Waals surface area contributed by atoms with E-state index in [1.807, 2.05) is 6.92 Å². The number of morpholine rings is 1. The summed E-state index contributed by atoms with van der Waals surface area (Å²) in [6.45, 7) is 3.63. The number of hydrogen-bond acceptors (Lipinski definition) is 2. The molecule has 1 unspecified atom stereocenters. The Morgan fingerprint density at radius 3 is 3.00 bits per heavy atom. The van der Waals surface area contributed by atoms with E-state index in [1.165, 1.54) is 18.2 Å². The molecule has 0 aliphatic carbocycles. The fraction of sp³-hybridized carbons (Fsp3) is 0.417. The molecule has 0 radical (unpaired) electrons. The maximum atomic E-state index is 12.9. The molecule has 17 heavy (non-hydrogen) atoms. The molecule has 1 amide bonds. The van der Waals surface area contributed by atoms with Gasteiger partial charge in [-0.15, -0.1) is 0 Å². The third-order valence-electron chi connectivity index (χ3n) is 2.69. The summed E-state index contributed by atoms with van der Waals surface area (Å²) in [5, 5.41) is 0. The SMILES string of the molecule is CC1CN(C(=O)c2ccc(F)cc2Br)CCO1. The molecule has 1 heterocycles. The van der Waals surface area contributed by atoms with Gasteiger partial charge in [0.25, 0.3) is 5.91 Å². The first-order valence-corrected chi connectivity index (χ1v) is 6.23. The molecule has 1 fully saturated rings. The van der Waals surface area contributed by atoms with Gasteiger partial charge in [-0.3, -0.25) is 4.79 Å². The highest BCUT2D eigenvalue weighted by molar-refractivity contribution is 9.10. The molecule has 1 saturated heterocycles. The molecule has 2 rings (SSSR count). The lowest BCUT2D eigenvalue weighted by Crippen LogP contribution is -2.44. The lowest BCUT2D eigenvalue weighted by Gasteiger charge is -2.31. The van der Waals surface area contributed by atoms with Gasteiger partial charge in [-0.25, -0.2) is 4.39 Å². The van der Waals surface area contributed by atoms with Crippen molar-refractivity contribution in [3.05, 3.63) is 34.1 Å². The quantitative estimate of drug-likeness (QED) is 0.797. The Balaban J connectivity index is 2.18. The van der Waals surface area contributed by atoms with Crippen molar-refractivity contribution in [3.63, 3.8) is 0 Å². The van der Waals surface area contributed by atoms with Crippen LogP contribution in [0, 0.1) is 5.82 Å². The highest BCUT2D eigenvalue weighted by Gasteiger charge is 2.23. The van der Waals surface area contributed by atoms with Crippen molar-refractivity contribution in [1.82, 2.24) is 4.90 Å². The number of ether oxygens (including phenoxy) is 1. The maximum Gasteiger partial charge on any atom is 0.255 e. The van der Waals surface area contributed by atoms with Crippen LogP contribution in [0.25, 0.3) is 0 Å². The average Bonchev–Trinajstić information content (AvgIpc) is 2.28. The number of nitrogens with zero attached hydrogens (tertiary/aromatic N) is 1. The number of carbonyl (C=O) groups excluding carboxylic acids is 1. The Morgan fingerprint density at radius 1 is 1.59 bits per heavy atom. The number of carbonyl (C=O) groups is 1. The lowest BCUT2D eigenvalue weighted by molar-refractivity contribution is -0.0124. The molecule has 0 saturated carbocycles. The Labute approximate surface area is 108 Å². The van der Waals surface area contributed by atoms with Crippen LogP contribution in [-0.2, 0) is 4.74 Å². The van der Waals surface area contributed by atoms with Crippen LogP contribution in [0.3, 0.4) is 0 Å². The van der Waals surface area contributed by atoms with E-state index >= 15 is 0 Å². The summed E-state index contributed by atoms with van der Waals surface area (Å²) < 4.78 is 18.8. The summed E-state index contributed by atoms with van der Waals surface area (Å²) in [4.78, 5) is 13.9. The molecule has 5 heteroatoms. The number of benzene rings is 1. The van der Waals surface area contributed by atoms with Gasteiger partial charge in [0.2, 0.25) is 0 Å². The van der Waals surface area contributed by atoms with Gasteiger partial charge in [-0.05, 0) is 41.1 Å². The minimum atomic E-state index is -0.358. The predicted molar refractivity (Wildman–Crippen MR) is 65.4 cm³/mol. The zero-order valence-corrected chi connectivity index (χ0v) is 11.0. The molecular formula is C12H13BrFNO2. The summed E-state index contributed by atoms with van der Waals surface area (Å²) in [5.41, 5.74) is 0.487. The molecule has 0 aromatic heterocycles. The van der Waals surface area contributed by atoms with Gasteiger partial charge in [0, 0.05) is 17.6 Å². The predicted octanol–water partition coefficient (Wildman–Crippen LogP) is 2.45. The van der Waals surface area contributed by atoms with Gasteiger partial charge in [0.05, 0.1) is 18.3 Å². The van der Waals surface area contributed by atoms with Gasteiger partial charge in [-0.1, -0.05) is 0 Å². The zero-order chi connectivity index (χ0) is 12.4. The van der Waals surface area contributed by atoms with Crippen molar-refractivity contribution in [3.8, 4) is 0 Å². The van der Waals surface area contributed by atoms with Crippen LogP contribution in [-0.4, -0.2) is 36.6 Å². The second-order valence-corrected chi connectivity index (χ2v) is 4.91. The van der Waals surface area contributed by atoms with E-state index in [1.54, 1.807) is 4.90 Å². The molecule has 1 aliphatic rings. The van der Waals surface area contributed by atoms with Crippen molar-refractivity contribution in [2.24, 2.45) is 0 Å². The first kappa shape index (κ1) is 12.5. The van der Waals surface area contributed by atoms with Crippen LogP contribution >= 0.6 is 15.9 Å². The van der Waals surface area contributed by atoms with Crippen molar-refractivity contribution in [2.45, 2.75) is 13.0 Å². The van der Waals surface area contributed by atoms with Crippen LogP contribution in [0.15, 0.2) is 22.7 Å². The Hall–Kier alpha value is -0.940. The zero-order valence-electron chi connectivity index (χ0n) is 9.45. The number of amides is 1. The summed E-state index contributed by atoms with van der Waals surface area (Å²) >= 11 is 3.21. The van der Waals surface area contributed by atoms with Crippen molar-refractivity contribution in [2.75, 3.05) is 19.7 Å². The monoisotopic (exact) mass is 301 g/mol. The minimum absolute atomic E-state index is 0.0481. The Morgan fingerprint density at radius 2 is 2.35 bits per heavy atom. The Bertz CT molecular complexity index is 439. The third kappa shape index (κ3) is 2.84. The van der Waals surface area contributed by atoms with Gasteiger partial charge < -0.3 is 9.64 Å². The maximum absolute atomic E-state index is 12.9. The van der Waals surface area contributed by atoms with Crippen LogP contribution in [0.5, 0.6) is 0 Å². The van der Waals surface area contributed by atoms with E-state index in [-0.39, 0.29) is 17.8 Å². The van der Waals surface area contributed by atoms with E-state index in [9.17, 15) is 9.18 Å². The standard InChI is InChI=1S/C12H13BrFNO2/c1-8-7-15(4-5-17-8)12(16)10-3-2-9(14)6-11(10)13/h2-3,6,8H,4-5,7H2,1H3. The topological polar surface area (TPSA) is 29.5 Å². The second kappa shape index (κ2) is 5.14. The fourth-order valence-corrected chi connectivity index (χ4v) is 2.36. The summed E-state index contributed by atoms with van der Waals surface area (Å²) in [6.07, 6.45) is 0.0481. The van der Waals surface area contributed by atoms with E-state index in [2.05, 4.69) is 15.9 Å². The first-order chi connectivity index (χ1) is 8.08. The normalized spacial score (nSPS) is 20.4. The minimum Gasteiger partial charge on any atom is -0.375 e. The molecule has 3 nitrogen and oxygen atoms in total. The summed E-state index contributed by atoms with van der Waals surface area (Å²) in [6, 6.07) is 4.10. The molecule has 92 valence electrons. The number of halogens is 2. The number of rotatable bonds is 1. The van der Waals surface area contributed by atoms with Gasteiger partial charge in [0.15, 0.2) is 0 Å². The van der Waals surface area contributed by atoms with E-state index in [0.29, 0.717) is 29.7 Å². The highest BCUT2D eigenvalue weighted by atomic mass is 79.9. The summed E-state index contributed by atoms with van der Waals surface area (Å²) in [7, 11) is 0. The second-order valence-electron chi connectivity index (χ2n) is 4.06. The van der Waals surface area contributed by atoms with E-state index in [0.717, 1.165) is 0 Å². The van der Waals surface area contributed by atoms with E-state index < -0.39 is 0 Å². The van der Waals surface area contributed by atoms with Crippen molar-refractivity contribution in [1.29, 1.82) is 0 Å². The van der Waals surface area contributed by atoms with Gasteiger partial charge >= 0.3 is 0 Å². The molecule has 1 aromatic rings. The van der Waals surface area contributed by atoms with Crippen LogP contribution in [0.4, 0.5) is 4.39 Å². The average molecular weight is 302 g/mol. The molecule has 0 bridgehead atoms.